The minimum atomic E-state index is -1.07. The first-order valence-corrected chi connectivity index (χ1v) is 4.49. The summed E-state index contributed by atoms with van der Waals surface area (Å²) < 4.78 is 0. The van der Waals surface area contributed by atoms with Crippen molar-refractivity contribution in [1.29, 1.82) is 0 Å². The Morgan fingerprint density at radius 1 is 1.43 bits per heavy atom. The lowest BCUT2D eigenvalue weighted by Crippen LogP contribution is -2.32. The van der Waals surface area contributed by atoms with Gasteiger partial charge in [0, 0.05) is 12.9 Å². The fourth-order valence-electron chi connectivity index (χ4n) is 0.674. The van der Waals surface area contributed by atoms with E-state index in [9.17, 15) is 4.79 Å². The highest BCUT2D eigenvalue weighted by Gasteiger charge is 1.82. The maximum absolute atomic E-state index is 9.43. The monoisotopic (exact) mass is 216 g/mol. The standard InChI is InChI=1S/C7H7Cl.C2H6N2O2/c8-6-7-4-2-1-3-5-7;1-3-4-2(5)6/h1-5H,6H2;3-4H,1H3,(H,5,6). The van der Waals surface area contributed by atoms with Crippen LogP contribution in [0.4, 0.5) is 4.79 Å². The molecule has 78 valence electrons. The summed E-state index contributed by atoms with van der Waals surface area (Å²) in [5.74, 6) is 0.612. The summed E-state index contributed by atoms with van der Waals surface area (Å²) in [6, 6.07) is 9.96. The molecule has 4 nitrogen and oxygen atoms in total. The zero-order valence-electron chi connectivity index (χ0n) is 7.83. The molecule has 1 aromatic rings. The predicted molar refractivity (Wildman–Crippen MR) is 56.2 cm³/mol. The van der Waals surface area contributed by atoms with E-state index in [-0.39, 0.29) is 0 Å². The van der Waals surface area contributed by atoms with Crippen LogP contribution in [-0.2, 0) is 5.88 Å². The smallest absolute Gasteiger partial charge is 0.419 e. The number of benzene rings is 1. The third-order valence-electron chi connectivity index (χ3n) is 1.23. The van der Waals surface area contributed by atoms with Gasteiger partial charge in [0.1, 0.15) is 0 Å². The van der Waals surface area contributed by atoms with Gasteiger partial charge >= 0.3 is 6.09 Å². The topological polar surface area (TPSA) is 61.4 Å². The van der Waals surface area contributed by atoms with Crippen LogP contribution in [0.1, 0.15) is 5.56 Å². The van der Waals surface area contributed by atoms with Gasteiger partial charge in [-0.3, -0.25) is 5.43 Å². The zero-order chi connectivity index (χ0) is 10.8. The average molecular weight is 217 g/mol. The molecule has 0 heterocycles. The molecule has 5 heteroatoms. The number of carboxylic acid groups (broad SMARTS) is 1. The van der Waals surface area contributed by atoms with Crippen LogP contribution in [0.15, 0.2) is 30.3 Å². The SMILES string of the molecule is CNNC(=O)O.ClCc1ccccc1. The lowest BCUT2D eigenvalue weighted by atomic mass is 10.2. The van der Waals surface area contributed by atoms with E-state index in [1.807, 2.05) is 35.8 Å². The molecule has 0 unspecified atom stereocenters. The Labute approximate surface area is 87.9 Å². The van der Waals surface area contributed by atoms with Gasteiger partial charge in [-0.05, 0) is 5.56 Å². The van der Waals surface area contributed by atoms with Crippen molar-refractivity contribution in [3.05, 3.63) is 35.9 Å². The Bertz CT molecular complexity index is 254. The maximum atomic E-state index is 9.43. The highest BCUT2D eigenvalue weighted by atomic mass is 35.5. The number of halogens is 1. The number of amides is 1. The van der Waals surface area contributed by atoms with Crippen LogP contribution in [0.2, 0.25) is 0 Å². The molecule has 0 fully saturated rings. The molecule has 1 aromatic carbocycles. The Morgan fingerprint density at radius 3 is 2.21 bits per heavy atom. The lowest BCUT2D eigenvalue weighted by molar-refractivity contribution is 0.190. The van der Waals surface area contributed by atoms with Gasteiger partial charge in [-0.15, -0.1) is 11.6 Å². The van der Waals surface area contributed by atoms with E-state index in [0.717, 1.165) is 0 Å². The van der Waals surface area contributed by atoms with E-state index in [4.69, 9.17) is 16.7 Å². The molecule has 0 saturated carbocycles. The van der Waals surface area contributed by atoms with Crippen LogP contribution < -0.4 is 10.9 Å². The second kappa shape index (κ2) is 8.34. The molecule has 1 rings (SSSR count). The van der Waals surface area contributed by atoms with E-state index in [1.165, 1.54) is 12.6 Å². The first-order chi connectivity index (χ1) is 6.70. The first-order valence-electron chi connectivity index (χ1n) is 3.96. The number of rotatable bonds is 2. The minimum absolute atomic E-state index is 0.612. The van der Waals surface area contributed by atoms with Crippen molar-refractivity contribution < 1.29 is 9.90 Å². The van der Waals surface area contributed by atoms with Gasteiger partial charge in [-0.2, -0.15) is 0 Å². The highest BCUT2D eigenvalue weighted by molar-refractivity contribution is 6.17. The third kappa shape index (κ3) is 7.39. The molecular formula is C9H13ClN2O2. The first kappa shape index (κ1) is 12.7. The van der Waals surface area contributed by atoms with Crippen molar-refractivity contribution in [2.75, 3.05) is 7.05 Å². The van der Waals surface area contributed by atoms with Crippen LogP contribution in [0.25, 0.3) is 0 Å². The highest BCUT2D eigenvalue weighted by Crippen LogP contribution is 2.00. The number of hydrazine groups is 1. The zero-order valence-corrected chi connectivity index (χ0v) is 8.58. The van der Waals surface area contributed by atoms with Crippen molar-refractivity contribution in [3.63, 3.8) is 0 Å². The molecule has 0 spiro atoms. The van der Waals surface area contributed by atoms with Gasteiger partial charge in [-0.25, -0.2) is 10.2 Å². The van der Waals surface area contributed by atoms with Gasteiger partial charge in [0.15, 0.2) is 0 Å². The molecule has 14 heavy (non-hydrogen) atoms. The minimum Gasteiger partial charge on any atom is -0.464 e. The van der Waals surface area contributed by atoms with Crippen molar-refractivity contribution in [2.24, 2.45) is 0 Å². The Morgan fingerprint density at radius 2 is 2.00 bits per heavy atom. The summed E-state index contributed by atoms with van der Waals surface area (Å²) in [7, 11) is 1.48. The molecule has 1 amide bonds. The van der Waals surface area contributed by atoms with Crippen molar-refractivity contribution in [2.45, 2.75) is 5.88 Å². The fourth-order valence-corrected chi connectivity index (χ4v) is 0.852. The van der Waals surface area contributed by atoms with E-state index in [2.05, 4.69) is 5.43 Å². The second-order valence-electron chi connectivity index (χ2n) is 2.30. The number of hydrogen-bond acceptors (Lipinski definition) is 2. The molecule has 0 saturated heterocycles. The van der Waals surface area contributed by atoms with Gasteiger partial charge in [0.25, 0.3) is 0 Å². The molecule has 0 aromatic heterocycles. The number of carbonyl (C=O) groups is 1. The molecule has 0 bridgehead atoms. The molecular weight excluding hydrogens is 204 g/mol. The van der Waals surface area contributed by atoms with Crippen LogP contribution in [0.5, 0.6) is 0 Å². The number of alkyl halides is 1. The Balaban J connectivity index is 0.000000255. The summed E-state index contributed by atoms with van der Waals surface area (Å²) in [4.78, 5) is 9.43. The molecule has 0 aliphatic carbocycles. The molecule has 0 radical (unpaired) electrons. The van der Waals surface area contributed by atoms with Crippen molar-refractivity contribution in [3.8, 4) is 0 Å². The van der Waals surface area contributed by atoms with Gasteiger partial charge < -0.3 is 5.11 Å². The van der Waals surface area contributed by atoms with E-state index in [1.54, 1.807) is 0 Å². The molecule has 0 aliphatic heterocycles. The van der Waals surface area contributed by atoms with E-state index < -0.39 is 6.09 Å². The second-order valence-corrected chi connectivity index (χ2v) is 2.57. The van der Waals surface area contributed by atoms with Gasteiger partial charge in [-0.1, -0.05) is 30.3 Å². The normalized spacial score (nSPS) is 8.43. The van der Waals surface area contributed by atoms with Gasteiger partial charge in [0.05, 0.1) is 0 Å². The average Bonchev–Trinajstić information content (AvgIpc) is 2.20. The summed E-state index contributed by atoms with van der Waals surface area (Å²) in [6.07, 6.45) is -1.07. The summed E-state index contributed by atoms with van der Waals surface area (Å²) in [5, 5.41) is 7.74. The van der Waals surface area contributed by atoms with Crippen LogP contribution in [-0.4, -0.2) is 18.2 Å². The number of hydrogen-bond donors (Lipinski definition) is 3. The summed E-state index contributed by atoms with van der Waals surface area (Å²) in [6.45, 7) is 0. The summed E-state index contributed by atoms with van der Waals surface area (Å²) >= 11 is 5.53. The Kier molecular flexibility index (Phi) is 7.59. The molecule has 0 atom stereocenters. The fraction of sp³-hybridized carbons (Fsp3) is 0.222. The quantitative estimate of drug-likeness (QED) is 0.522. The van der Waals surface area contributed by atoms with Crippen LogP contribution in [0, 0.1) is 0 Å². The van der Waals surface area contributed by atoms with Crippen LogP contribution >= 0.6 is 11.6 Å². The van der Waals surface area contributed by atoms with Crippen molar-refractivity contribution in [1.82, 2.24) is 10.9 Å². The number of nitrogens with one attached hydrogen (secondary N) is 2. The Hall–Kier alpha value is -1.26. The summed E-state index contributed by atoms with van der Waals surface area (Å²) in [5.41, 5.74) is 5.27. The van der Waals surface area contributed by atoms with Crippen molar-refractivity contribution >= 4 is 17.7 Å². The molecule has 0 aliphatic rings. The maximum Gasteiger partial charge on any atom is 0.419 e. The predicted octanol–water partition coefficient (Wildman–Crippen LogP) is 1.81. The lowest BCUT2D eigenvalue weighted by Gasteiger charge is -1.90. The van der Waals surface area contributed by atoms with E-state index in [0.29, 0.717) is 5.88 Å². The third-order valence-corrected chi connectivity index (χ3v) is 1.54. The molecule has 3 N–H and O–H groups in total. The van der Waals surface area contributed by atoms with Crippen LogP contribution in [0.3, 0.4) is 0 Å². The largest absolute Gasteiger partial charge is 0.464 e. The van der Waals surface area contributed by atoms with Gasteiger partial charge in [0.2, 0.25) is 0 Å². The van der Waals surface area contributed by atoms with E-state index >= 15 is 0 Å².